The lowest BCUT2D eigenvalue weighted by Crippen LogP contribution is -2.68. The van der Waals surface area contributed by atoms with Gasteiger partial charge in [-0.1, -0.05) is 89.2 Å². The van der Waals surface area contributed by atoms with Crippen LogP contribution in [0.1, 0.15) is 116 Å². The average molecular weight is 880 g/mol. The molecule has 0 saturated carbocycles. The summed E-state index contributed by atoms with van der Waals surface area (Å²) in [5, 5.41) is 1.27. The number of alkyl halides is 3. The van der Waals surface area contributed by atoms with Crippen LogP contribution in [-0.2, 0) is 48.5 Å². The van der Waals surface area contributed by atoms with Gasteiger partial charge >= 0.3 is 35.7 Å². The van der Waals surface area contributed by atoms with E-state index in [0.717, 1.165) is 20.8 Å². The number of carbonyl (C=O) groups excluding carboxylic acids is 1. The summed E-state index contributed by atoms with van der Waals surface area (Å²) < 4.78 is 109. The van der Waals surface area contributed by atoms with Crippen molar-refractivity contribution in [2.24, 2.45) is 5.41 Å². The van der Waals surface area contributed by atoms with E-state index in [0.29, 0.717) is 6.42 Å². The van der Waals surface area contributed by atoms with E-state index in [1.54, 1.807) is 20.8 Å². The summed E-state index contributed by atoms with van der Waals surface area (Å²) in [7, 11) is -11.0. The Morgan fingerprint density at radius 1 is 0.783 bits per heavy atom. The largest absolute Gasteiger partial charge is 0.534 e. The van der Waals surface area contributed by atoms with Gasteiger partial charge in [0.25, 0.3) is 8.32 Å². The molecular formula is C42H62B2F3NO10SSi. The zero-order chi connectivity index (χ0) is 45.3. The monoisotopic (exact) mass is 879 g/mol. The second-order valence-corrected chi connectivity index (χ2v) is 26.4. The first kappa shape index (κ1) is 48.2. The number of carbonyl (C=O) groups is 1. The Kier molecular flexibility index (Phi) is 12.6. The summed E-state index contributed by atoms with van der Waals surface area (Å²) in [6, 6.07) is 16.9. The number of benzene rings is 2. The standard InChI is InChI=1S/C42H62B2F3NO10SSi/c1-35(2,3)53-34(49)48-32(37(7,8)26-25-33(48)54-59(50,51)42(45,46)47)28-52-60(36(4,5)6,30-19-17-16-18-20-30)31-23-21-29(22-24-31)27-41(15)40(13,14)57-44(58-41)43-55-38(9,10)39(11,12)56-43/h16-25,32H,26-28H2,1-15H3. The molecule has 3 aliphatic rings. The van der Waals surface area contributed by atoms with Crippen LogP contribution >= 0.6 is 0 Å². The minimum atomic E-state index is -6.14. The number of allylic oxidation sites excluding steroid dienone is 1. The number of nitrogens with zero attached hydrogens (tertiary/aromatic N) is 1. The molecule has 18 heteroatoms. The molecule has 3 aliphatic heterocycles. The van der Waals surface area contributed by atoms with Crippen LogP contribution in [0.4, 0.5) is 18.0 Å². The second kappa shape index (κ2) is 15.7. The molecule has 5 rings (SSSR count). The highest BCUT2D eigenvalue weighted by molar-refractivity contribution is 7.87. The Hall–Kier alpha value is -2.86. The summed E-state index contributed by atoms with van der Waals surface area (Å²) in [6.07, 6.45) is 0.661. The van der Waals surface area contributed by atoms with Crippen molar-refractivity contribution in [2.45, 2.75) is 161 Å². The van der Waals surface area contributed by atoms with Crippen LogP contribution in [-0.4, -0.2) is 87.9 Å². The summed E-state index contributed by atoms with van der Waals surface area (Å²) in [5.74, 6) is -0.795. The van der Waals surface area contributed by atoms with Crippen molar-refractivity contribution in [3.05, 3.63) is 72.1 Å². The predicted molar refractivity (Wildman–Crippen MR) is 228 cm³/mol. The molecule has 2 aromatic carbocycles. The molecule has 60 heavy (non-hydrogen) atoms. The van der Waals surface area contributed by atoms with Gasteiger partial charge in [0.05, 0.1) is 35.1 Å². The van der Waals surface area contributed by atoms with E-state index in [-0.39, 0.29) is 13.0 Å². The molecule has 0 aromatic heterocycles. The van der Waals surface area contributed by atoms with E-state index in [4.69, 9.17) is 27.8 Å². The fourth-order valence-corrected chi connectivity index (χ4v) is 12.9. The van der Waals surface area contributed by atoms with Crippen LogP contribution in [0, 0.1) is 5.41 Å². The second-order valence-electron chi connectivity index (χ2n) is 20.5. The Balaban J connectivity index is 1.52. The molecule has 0 radical (unpaired) electrons. The molecule has 0 N–H and O–H groups in total. The Morgan fingerprint density at radius 2 is 1.28 bits per heavy atom. The molecule has 2 fully saturated rings. The van der Waals surface area contributed by atoms with Crippen molar-refractivity contribution in [2.75, 3.05) is 6.61 Å². The van der Waals surface area contributed by atoms with Gasteiger partial charge in [0, 0.05) is 6.42 Å². The van der Waals surface area contributed by atoms with E-state index >= 15 is 0 Å². The Bertz CT molecular complexity index is 2020. The summed E-state index contributed by atoms with van der Waals surface area (Å²) in [4.78, 5) is 14.8. The quantitative estimate of drug-likeness (QED) is 0.132. The number of rotatable bonds is 10. The zero-order valence-corrected chi connectivity index (χ0v) is 39.5. The van der Waals surface area contributed by atoms with Crippen LogP contribution in [0.3, 0.4) is 0 Å². The van der Waals surface area contributed by atoms with Crippen molar-refractivity contribution in [1.29, 1.82) is 0 Å². The van der Waals surface area contributed by atoms with Crippen LogP contribution < -0.4 is 10.4 Å². The van der Waals surface area contributed by atoms with Gasteiger partial charge in [0.2, 0.25) is 5.88 Å². The van der Waals surface area contributed by atoms with Crippen molar-refractivity contribution in [1.82, 2.24) is 4.90 Å². The predicted octanol–water partition coefficient (Wildman–Crippen LogP) is 8.09. The van der Waals surface area contributed by atoms with E-state index in [9.17, 15) is 26.4 Å². The molecule has 0 bridgehead atoms. The molecule has 2 saturated heterocycles. The third-order valence-corrected chi connectivity index (χ3v) is 18.4. The van der Waals surface area contributed by atoms with Gasteiger partial charge in [0.1, 0.15) is 5.60 Å². The lowest BCUT2D eigenvalue weighted by molar-refractivity contribution is -0.0578. The normalized spacial score (nSPS) is 25.1. The molecule has 0 aliphatic carbocycles. The zero-order valence-electron chi connectivity index (χ0n) is 37.7. The highest BCUT2D eigenvalue weighted by Crippen LogP contribution is 2.46. The topological polar surface area (TPSA) is 119 Å². The number of hydrogen-bond acceptors (Lipinski definition) is 10. The van der Waals surface area contributed by atoms with E-state index < -0.39 is 94.4 Å². The maximum Gasteiger partial charge on any atom is 0.534 e. The van der Waals surface area contributed by atoms with Gasteiger partial charge < -0.3 is 32.0 Å². The van der Waals surface area contributed by atoms with Crippen molar-refractivity contribution < 1.29 is 58.3 Å². The first-order valence-corrected chi connectivity index (χ1v) is 23.6. The van der Waals surface area contributed by atoms with Gasteiger partial charge in [-0.25, -0.2) is 9.69 Å². The third kappa shape index (κ3) is 9.26. The van der Waals surface area contributed by atoms with Crippen LogP contribution in [0.15, 0.2) is 66.6 Å². The SMILES string of the molecule is CC(C)(C)OC(=O)N1C(OS(=O)(=O)C(F)(F)F)=CCC(C)(C)C1CO[Si](c1ccccc1)(c1ccc(CC2(C)OB(B3OC(C)(C)C(C)(C)O3)OC2(C)C)cc1)C(C)(C)C. The van der Waals surface area contributed by atoms with Crippen LogP contribution in [0.2, 0.25) is 5.04 Å². The van der Waals surface area contributed by atoms with E-state index in [1.165, 1.54) is 6.08 Å². The fourth-order valence-electron chi connectivity index (χ4n) is 7.89. The maximum atomic E-state index is 14.0. The van der Waals surface area contributed by atoms with Gasteiger partial charge in [-0.2, -0.15) is 21.6 Å². The van der Waals surface area contributed by atoms with Gasteiger partial charge in [0.15, 0.2) is 0 Å². The molecular weight excluding hydrogens is 817 g/mol. The number of amides is 1. The third-order valence-electron chi connectivity index (χ3n) is 12.5. The number of hydrogen-bond donors (Lipinski definition) is 0. The Morgan fingerprint density at radius 3 is 1.78 bits per heavy atom. The minimum Gasteiger partial charge on any atom is -0.443 e. The summed E-state index contributed by atoms with van der Waals surface area (Å²) in [6.45, 7) is 28.4. The lowest BCUT2D eigenvalue weighted by atomic mass is 9.49. The molecule has 1 amide bonds. The number of halogens is 3. The number of ether oxygens (including phenoxy) is 1. The van der Waals surface area contributed by atoms with E-state index in [2.05, 4.69) is 25.0 Å². The van der Waals surface area contributed by atoms with Gasteiger partial charge in [-0.3, -0.25) is 0 Å². The van der Waals surface area contributed by atoms with Crippen molar-refractivity contribution in [3.63, 3.8) is 0 Å². The van der Waals surface area contributed by atoms with Crippen molar-refractivity contribution >= 4 is 48.9 Å². The first-order valence-electron chi connectivity index (χ1n) is 20.3. The molecule has 0 spiro atoms. The molecule has 3 unspecified atom stereocenters. The highest BCUT2D eigenvalue weighted by atomic mass is 32.2. The molecule has 2 aromatic rings. The van der Waals surface area contributed by atoms with E-state index in [1.807, 2.05) is 117 Å². The lowest BCUT2D eigenvalue weighted by Gasteiger charge is -2.48. The van der Waals surface area contributed by atoms with Crippen LogP contribution in [0.5, 0.6) is 0 Å². The fraction of sp³-hybridized carbons (Fsp3) is 0.643. The average Bonchev–Trinajstić information content (AvgIpc) is 3.45. The van der Waals surface area contributed by atoms with Crippen molar-refractivity contribution in [3.8, 4) is 0 Å². The first-order chi connectivity index (χ1) is 27.1. The Labute approximate surface area is 356 Å². The smallest absolute Gasteiger partial charge is 0.443 e. The van der Waals surface area contributed by atoms with Gasteiger partial charge in [-0.05, 0) is 108 Å². The molecule has 11 nitrogen and oxygen atoms in total. The maximum absolute atomic E-state index is 14.0. The molecule has 332 valence electrons. The van der Waals surface area contributed by atoms with Crippen LogP contribution in [0.25, 0.3) is 0 Å². The summed E-state index contributed by atoms with van der Waals surface area (Å²) >= 11 is 0. The molecule has 3 heterocycles. The summed E-state index contributed by atoms with van der Waals surface area (Å²) in [5.41, 5.74) is -9.30. The van der Waals surface area contributed by atoms with Gasteiger partial charge in [-0.15, -0.1) is 0 Å². The highest BCUT2D eigenvalue weighted by Gasteiger charge is 2.65. The minimum absolute atomic E-state index is 0.0728. The molecule has 3 atom stereocenters.